The van der Waals surface area contributed by atoms with E-state index in [9.17, 15) is 29.4 Å². The Labute approximate surface area is 254 Å². The summed E-state index contributed by atoms with van der Waals surface area (Å²) in [6.07, 6.45) is 3.80. The molecule has 2 amide bonds. The Morgan fingerprint density at radius 2 is 0.786 bits per heavy atom. The number of carboxylic acids is 2. The van der Waals surface area contributed by atoms with Gasteiger partial charge in [-0.25, -0.2) is 0 Å². The number of aliphatic carboxylic acids is 2. The Hall–Kier alpha value is -2.28. The summed E-state index contributed by atoms with van der Waals surface area (Å²) in [4.78, 5) is 45.2. The number of nitrogens with one attached hydrogen (secondary N) is 2. The molecule has 0 fully saturated rings. The third-order valence-electron chi connectivity index (χ3n) is 5.32. The second-order valence-electron chi connectivity index (χ2n) is 12.1. The molecule has 12 heteroatoms. The van der Waals surface area contributed by atoms with E-state index < -0.39 is 36.1 Å². The fourth-order valence-electron chi connectivity index (χ4n) is 3.30. The molecule has 4 atom stereocenters. The molecule has 0 spiro atoms. The minimum atomic E-state index is -1.23. The number of hydrogen-bond acceptors (Lipinski definition) is 8. The van der Waals surface area contributed by atoms with Crippen LogP contribution in [0.5, 0.6) is 0 Å². The predicted octanol–water partition coefficient (Wildman–Crippen LogP) is -1.38. The largest absolute Gasteiger partial charge is 0.548 e. The van der Waals surface area contributed by atoms with E-state index >= 15 is 0 Å². The second-order valence-corrected chi connectivity index (χ2v) is 12.1. The minimum absolute atomic E-state index is 0.187. The van der Waals surface area contributed by atoms with Crippen LogP contribution < -0.4 is 32.3 Å². The number of rotatable bonds is 16. The van der Waals surface area contributed by atoms with E-state index in [4.69, 9.17) is 10.2 Å². The van der Waals surface area contributed by atoms with Crippen LogP contribution >= 0.6 is 0 Å². The number of carbonyl (C=O) groups is 4. The van der Waals surface area contributed by atoms with Crippen LogP contribution in [0.1, 0.15) is 108 Å². The number of carboxylic acid groups (broad SMARTS) is 2. The van der Waals surface area contributed by atoms with E-state index in [2.05, 4.69) is 22.1 Å². The van der Waals surface area contributed by atoms with Crippen LogP contribution in [-0.4, -0.2) is 71.3 Å². The molecule has 0 bridgehead atoms. The van der Waals surface area contributed by atoms with Crippen molar-refractivity contribution >= 4 is 23.8 Å². The lowest BCUT2D eigenvalue weighted by molar-refractivity contribution is -0.407. The number of carbonyl (C=O) groups excluding carboxylic acids is 4. The van der Waals surface area contributed by atoms with Gasteiger partial charge in [-0.1, -0.05) is 69.2 Å². The normalized spacial score (nSPS) is 13.4. The van der Waals surface area contributed by atoms with Gasteiger partial charge in [0.2, 0.25) is 0 Å². The molecule has 0 aliphatic heterocycles. The molecule has 0 aliphatic carbocycles. The molecular weight excluding hydrogens is 544 g/mol. The van der Waals surface area contributed by atoms with Gasteiger partial charge in [0.15, 0.2) is 12.1 Å². The van der Waals surface area contributed by atoms with Gasteiger partial charge in [-0.3, -0.25) is 9.59 Å². The molecule has 0 saturated carbocycles. The highest BCUT2D eigenvalue weighted by Crippen LogP contribution is 2.07. The van der Waals surface area contributed by atoms with Crippen molar-refractivity contribution in [2.75, 3.05) is 13.2 Å². The van der Waals surface area contributed by atoms with E-state index in [0.29, 0.717) is 50.7 Å². The molecule has 0 radical (unpaired) electrons. The van der Waals surface area contributed by atoms with Crippen molar-refractivity contribution in [3.63, 3.8) is 0 Å². The lowest BCUT2D eigenvalue weighted by Gasteiger charge is -2.22. The number of aliphatic hydroxyl groups excluding tert-OH is 2. The first-order valence-electron chi connectivity index (χ1n) is 15.2. The Morgan fingerprint density at radius 1 is 0.571 bits per heavy atom. The standard InChI is InChI=1S/2C12H24N2O3.2C3H8O/c2*1-7(2)5-9(13)11(15)14-10(12(16)17)6-8(3)4;2*1-2-3-4/h2*7-10H,5-6,13H2,1-4H3,(H,14,15)(H,16,17);2*4H,2-3H2,1H3/t2*9-,10-;;/m00../s1. The topological polar surface area (TPSA) is 234 Å². The summed E-state index contributed by atoms with van der Waals surface area (Å²) in [7, 11) is 0. The summed E-state index contributed by atoms with van der Waals surface area (Å²) < 4.78 is 0. The summed E-state index contributed by atoms with van der Waals surface area (Å²) in [5, 5.41) is 42.5. The van der Waals surface area contributed by atoms with Crippen molar-refractivity contribution < 1.29 is 51.1 Å². The molecule has 10 N–H and O–H groups in total. The lowest BCUT2D eigenvalue weighted by atomic mass is 10.0. The highest BCUT2D eigenvalue weighted by atomic mass is 16.4. The van der Waals surface area contributed by atoms with Crippen LogP contribution in [0.2, 0.25) is 0 Å². The van der Waals surface area contributed by atoms with Gasteiger partial charge in [0.25, 0.3) is 11.8 Å². The summed E-state index contributed by atoms with van der Waals surface area (Å²) in [6.45, 7) is 20.1. The van der Waals surface area contributed by atoms with E-state index in [1.807, 2.05) is 69.2 Å². The zero-order chi connectivity index (χ0) is 34.0. The zero-order valence-electron chi connectivity index (χ0n) is 28.0. The molecule has 0 aromatic carbocycles. The van der Waals surface area contributed by atoms with E-state index in [0.717, 1.165) is 12.8 Å². The van der Waals surface area contributed by atoms with Crippen LogP contribution in [0.15, 0.2) is 0 Å². The van der Waals surface area contributed by atoms with Crippen LogP contribution in [0.25, 0.3) is 0 Å². The van der Waals surface area contributed by atoms with Crippen molar-refractivity contribution in [1.82, 2.24) is 10.6 Å². The SMILES string of the molecule is CC(C)C[C@H](NC(=O)[C@@H]([NH3+])CC(C)C)C(=O)[O-].CC(C)C[C@H](NC(=O)[C@@H]([NH3+])CC(C)C)C(=O)[O-].CCCO.CCCO. The fourth-order valence-corrected chi connectivity index (χ4v) is 3.30. The Balaban J connectivity index is -0.000000273. The van der Waals surface area contributed by atoms with Gasteiger partial charge in [0.1, 0.15) is 0 Å². The summed E-state index contributed by atoms with van der Waals surface area (Å²) in [6, 6.07) is -2.66. The Bertz CT molecular complexity index is 641. The molecule has 0 saturated heterocycles. The zero-order valence-corrected chi connectivity index (χ0v) is 28.0. The molecule has 0 aromatic heterocycles. The Kier molecular flexibility index (Phi) is 32.0. The van der Waals surface area contributed by atoms with Gasteiger partial charge < -0.3 is 52.1 Å². The highest BCUT2D eigenvalue weighted by molar-refractivity contribution is 5.85. The molecule has 0 rings (SSSR count). The lowest BCUT2D eigenvalue weighted by Crippen LogP contribution is -2.69. The predicted molar refractivity (Wildman–Crippen MR) is 160 cm³/mol. The van der Waals surface area contributed by atoms with Crippen LogP contribution in [-0.2, 0) is 19.2 Å². The summed E-state index contributed by atoms with van der Waals surface area (Å²) >= 11 is 0. The average molecular weight is 609 g/mol. The maximum absolute atomic E-state index is 11.7. The maximum atomic E-state index is 11.7. The fraction of sp³-hybridized carbons (Fsp3) is 0.867. The van der Waals surface area contributed by atoms with Crippen molar-refractivity contribution in [2.24, 2.45) is 23.7 Å². The molecular formula is C30H64N4O8. The quantitative estimate of drug-likeness (QED) is 0.122. The third kappa shape index (κ3) is 32.2. The molecule has 42 heavy (non-hydrogen) atoms. The van der Waals surface area contributed by atoms with Crippen molar-refractivity contribution in [1.29, 1.82) is 0 Å². The summed E-state index contributed by atoms with van der Waals surface area (Å²) in [5.74, 6) is -2.00. The number of quaternary nitrogens is 2. The van der Waals surface area contributed by atoms with Gasteiger partial charge >= 0.3 is 0 Å². The van der Waals surface area contributed by atoms with Gasteiger partial charge in [0.05, 0.1) is 24.0 Å². The first-order valence-corrected chi connectivity index (χ1v) is 15.2. The Morgan fingerprint density at radius 3 is 0.929 bits per heavy atom. The van der Waals surface area contributed by atoms with Gasteiger partial charge in [-0.15, -0.1) is 0 Å². The molecule has 0 aromatic rings. The van der Waals surface area contributed by atoms with E-state index in [-0.39, 0.29) is 23.7 Å². The van der Waals surface area contributed by atoms with Crippen LogP contribution in [0, 0.1) is 23.7 Å². The van der Waals surface area contributed by atoms with Gasteiger partial charge in [0, 0.05) is 26.1 Å². The van der Waals surface area contributed by atoms with Gasteiger partial charge in [-0.05, 0) is 49.4 Å². The van der Waals surface area contributed by atoms with Crippen molar-refractivity contribution in [3.05, 3.63) is 0 Å². The minimum Gasteiger partial charge on any atom is -0.548 e. The molecule has 12 nitrogen and oxygen atoms in total. The molecule has 0 unspecified atom stereocenters. The van der Waals surface area contributed by atoms with Crippen LogP contribution in [0.3, 0.4) is 0 Å². The first kappa shape index (κ1) is 46.7. The molecule has 252 valence electrons. The third-order valence-corrected chi connectivity index (χ3v) is 5.32. The molecule has 0 heterocycles. The maximum Gasteiger partial charge on any atom is 0.278 e. The molecule has 0 aliphatic rings. The van der Waals surface area contributed by atoms with Crippen molar-refractivity contribution in [2.45, 2.75) is 132 Å². The smallest absolute Gasteiger partial charge is 0.278 e. The first-order chi connectivity index (χ1) is 19.3. The highest BCUT2D eigenvalue weighted by Gasteiger charge is 2.24. The van der Waals surface area contributed by atoms with Crippen LogP contribution in [0.4, 0.5) is 0 Å². The average Bonchev–Trinajstić information content (AvgIpc) is 2.86. The second kappa shape index (κ2) is 28.8. The number of aliphatic hydroxyl groups is 2. The van der Waals surface area contributed by atoms with E-state index in [1.165, 1.54) is 0 Å². The van der Waals surface area contributed by atoms with Crippen molar-refractivity contribution in [3.8, 4) is 0 Å². The van der Waals surface area contributed by atoms with Gasteiger partial charge in [-0.2, -0.15) is 0 Å². The van der Waals surface area contributed by atoms with E-state index in [1.54, 1.807) is 0 Å². The number of hydrogen-bond donors (Lipinski definition) is 6. The monoisotopic (exact) mass is 608 g/mol. The number of amides is 2. The summed E-state index contributed by atoms with van der Waals surface area (Å²) in [5.41, 5.74) is 7.49.